The zero-order valence-corrected chi connectivity index (χ0v) is 11.9. The minimum absolute atomic E-state index is 0.0154. The third-order valence-corrected chi connectivity index (χ3v) is 3.42. The summed E-state index contributed by atoms with van der Waals surface area (Å²) in [5.74, 6) is -1.48. The first-order valence-corrected chi connectivity index (χ1v) is 6.71. The smallest absolute Gasteiger partial charge is 0.251 e. The first-order chi connectivity index (χ1) is 8.69. The molecule has 4 nitrogen and oxygen atoms in total. The van der Waals surface area contributed by atoms with Gasteiger partial charge in [-0.05, 0) is 18.2 Å². The van der Waals surface area contributed by atoms with Crippen LogP contribution in [0.4, 0.5) is 10.1 Å². The molecule has 19 heavy (non-hydrogen) atoms. The molecule has 1 aromatic rings. The lowest BCUT2D eigenvalue weighted by molar-refractivity contribution is -0.113. The number of hydrogen-bond donors (Lipinski definition) is 2. The highest BCUT2D eigenvalue weighted by Gasteiger charge is 2.14. The van der Waals surface area contributed by atoms with Gasteiger partial charge in [-0.3, -0.25) is 9.59 Å². The summed E-state index contributed by atoms with van der Waals surface area (Å²) in [7, 11) is 0. The molecule has 3 N–H and O–H groups in total. The topological polar surface area (TPSA) is 72.2 Å². The van der Waals surface area contributed by atoms with Crippen LogP contribution < -0.4 is 11.1 Å². The molecule has 0 fully saturated rings. The fourth-order valence-corrected chi connectivity index (χ4v) is 1.91. The van der Waals surface area contributed by atoms with E-state index in [1.807, 2.05) is 20.8 Å². The number of hydrogen-bond acceptors (Lipinski definition) is 3. The first kappa shape index (κ1) is 15.5. The Morgan fingerprint density at radius 1 is 1.37 bits per heavy atom. The van der Waals surface area contributed by atoms with Gasteiger partial charge in [0.25, 0.3) is 5.91 Å². The van der Waals surface area contributed by atoms with E-state index in [2.05, 4.69) is 5.32 Å². The molecule has 0 atom stereocenters. The summed E-state index contributed by atoms with van der Waals surface area (Å²) in [4.78, 5) is 22.7. The van der Waals surface area contributed by atoms with Crippen molar-refractivity contribution in [3.63, 3.8) is 0 Å². The van der Waals surface area contributed by atoms with Crippen molar-refractivity contribution >= 4 is 29.3 Å². The molecule has 2 amide bonds. The monoisotopic (exact) mass is 284 g/mol. The average Bonchev–Trinajstić information content (AvgIpc) is 2.28. The van der Waals surface area contributed by atoms with Gasteiger partial charge >= 0.3 is 0 Å². The largest absolute Gasteiger partial charge is 0.366 e. The number of primary amides is 1. The van der Waals surface area contributed by atoms with Crippen LogP contribution in [0.3, 0.4) is 0 Å². The molecule has 0 radical (unpaired) electrons. The molecule has 0 unspecified atom stereocenters. The van der Waals surface area contributed by atoms with E-state index in [0.717, 1.165) is 6.07 Å². The van der Waals surface area contributed by atoms with Crippen LogP contribution in [-0.4, -0.2) is 22.3 Å². The minimum Gasteiger partial charge on any atom is -0.366 e. The van der Waals surface area contributed by atoms with Crippen molar-refractivity contribution in [2.75, 3.05) is 11.1 Å². The number of anilines is 1. The molecule has 0 spiro atoms. The van der Waals surface area contributed by atoms with E-state index in [4.69, 9.17) is 5.73 Å². The molecule has 0 saturated carbocycles. The highest BCUT2D eigenvalue weighted by Crippen LogP contribution is 2.23. The highest BCUT2D eigenvalue weighted by molar-refractivity contribution is 8.01. The van der Waals surface area contributed by atoms with Gasteiger partial charge in [0.1, 0.15) is 5.82 Å². The molecule has 0 aliphatic carbocycles. The SMILES string of the molecule is CC(C)(C)SCC(=O)Nc1ccc(F)c(C(N)=O)c1. The number of amides is 2. The fraction of sp³-hybridized carbons (Fsp3) is 0.385. The van der Waals surface area contributed by atoms with Gasteiger partial charge in [-0.25, -0.2) is 4.39 Å². The Kier molecular flexibility index (Phi) is 4.94. The second-order valence-corrected chi connectivity index (χ2v) is 6.81. The quantitative estimate of drug-likeness (QED) is 0.891. The maximum absolute atomic E-state index is 13.2. The number of carbonyl (C=O) groups excluding carboxylic acids is 2. The Morgan fingerprint density at radius 2 is 2.00 bits per heavy atom. The molecule has 104 valence electrons. The Morgan fingerprint density at radius 3 is 2.53 bits per heavy atom. The maximum atomic E-state index is 13.2. The van der Waals surface area contributed by atoms with Crippen LogP contribution in [0.15, 0.2) is 18.2 Å². The van der Waals surface area contributed by atoms with Crippen LogP contribution in [0.5, 0.6) is 0 Å². The summed E-state index contributed by atoms with van der Waals surface area (Å²) in [6.45, 7) is 6.02. The van der Waals surface area contributed by atoms with E-state index in [9.17, 15) is 14.0 Å². The van der Waals surface area contributed by atoms with E-state index in [-0.39, 0.29) is 22.0 Å². The van der Waals surface area contributed by atoms with Gasteiger partial charge in [-0.2, -0.15) is 0 Å². The maximum Gasteiger partial charge on any atom is 0.251 e. The van der Waals surface area contributed by atoms with Crippen LogP contribution in [0.25, 0.3) is 0 Å². The normalized spacial score (nSPS) is 11.2. The predicted molar refractivity (Wildman–Crippen MR) is 75.8 cm³/mol. The molecule has 1 rings (SSSR count). The summed E-state index contributed by atoms with van der Waals surface area (Å²) in [5, 5.41) is 2.60. The highest BCUT2D eigenvalue weighted by atomic mass is 32.2. The van der Waals surface area contributed by atoms with Gasteiger partial charge in [0.2, 0.25) is 5.91 Å². The summed E-state index contributed by atoms with van der Waals surface area (Å²) < 4.78 is 13.2. The Balaban J connectivity index is 2.70. The third kappa shape index (κ3) is 5.30. The van der Waals surface area contributed by atoms with Crippen molar-refractivity contribution in [3.8, 4) is 0 Å². The lowest BCUT2D eigenvalue weighted by atomic mass is 10.2. The molecule has 0 bridgehead atoms. The second kappa shape index (κ2) is 6.06. The Hall–Kier alpha value is -1.56. The molecule has 6 heteroatoms. The van der Waals surface area contributed by atoms with E-state index < -0.39 is 11.7 Å². The molecule has 0 heterocycles. The van der Waals surface area contributed by atoms with Crippen molar-refractivity contribution in [1.82, 2.24) is 0 Å². The summed E-state index contributed by atoms with van der Waals surface area (Å²) in [5.41, 5.74) is 5.16. The molecular formula is C13H17FN2O2S. The number of nitrogens with two attached hydrogens (primary N) is 1. The van der Waals surface area contributed by atoms with Gasteiger partial charge in [0.15, 0.2) is 0 Å². The van der Waals surface area contributed by atoms with Crippen LogP contribution in [0.1, 0.15) is 31.1 Å². The number of carbonyl (C=O) groups is 2. The van der Waals surface area contributed by atoms with Gasteiger partial charge in [0.05, 0.1) is 11.3 Å². The molecule has 0 aliphatic rings. The van der Waals surface area contributed by atoms with E-state index in [0.29, 0.717) is 5.69 Å². The van der Waals surface area contributed by atoms with Crippen LogP contribution in [-0.2, 0) is 4.79 Å². The van der Waals surface area contributed by atoms with Gasteiger partial charge in [0, 0.05) is 10.4 Å². The lowest BCUT2D eigenvalue weighted by Gasteiger charge is -2.17. The van der Waals surface area contributed by atoms with E-state index in [1.165, 1.54) is 23.9 Å². The summed E-state index contributed by atoms with van der Waals surface area (Å²) >= 11 is 1.50. The van der Waals surface area contributed by atoms with Gasteiger partial charge < -0.3 is 11.1 Å². The van der Waals surface area contributed by atoms with Crippen molar-refractivity contribution in [3.05, 3.63) is 29.6 Å². The van der Waals surface area contributed by atoms with Crippen LogP contribution in [0.2, 0.25) is 0 Å². The Labute approximate surface area is 115 Å². The molecule has 0 saturated heterocycles. The number of halogens is 1. The number of thioether (sulfide) groups is 1. The van der Waals surface area contributed by atoms with Crippen LogP contribution >= 0.6 is 11.8 Å². The van der Waals surface area contributed by atoms with Gasteiger partial charge in [-0.15, -0.1) is 11.8 Å². The van der Waals surface area contributed by atoms with Crippen molar-refractivity contribution in [2.45, 2.75) is 25.5 Å². The third-order valence-electron chi connectivity index (χ3n) is 2.15. The molecule has 1 aromatic carbocycles. The number of nitrogens with one attached hydrogen (secondary N) is 1. The molecular weight excluding hydrogens is 267 g/mol. The van der Waals surface area contributed by atoms with Crippen molar-refractivity contribution in [2.24, 2.45) is 5.73 Å². The first-order valence-electron chi connectivity index (χ1n) is 5.72. The van der Waals surface area contributed by atoms with Gasteiger partial charge in [-0.1, -0.05) is 20.8 Å². The standard InChI is InChI=1S/C13H17FN2O2S/c1-13(2,3)19-7-11(17)16-8-4-5-10(14)9(6-8)12(15)18/h4-6H,7H2,1-3H3,(H2,15,18)(H,16,17). The molecule has 0 aromatic heterocycles. The van der Waals surface area contributed by atoms with Crippen LogP contribution in [0, 0.1) is 5.82 Å². The number of rotatable bonds is 4. The fourth-order valence-electron chi connectivity index (χ4n) is 1.27. The summed E-state index contributed by atoms with van der Waals surface area (Å²) in [6, 6.07) is 3.73. The van der Waals surface area contributed by atoms with E-state index in [1.54, 1.807) is 0 Å². The summed E-state index contributed by atoms with van der Waals surface area (Å²) in [6.07, 6.45) is 0. The predicted octanol–water partition coefficient (Wildman–Crippen LogP) is 2.39. The minimum atomic E-state index is -0.863. The zero-order valence-electron chi connectivity index (χ0n) is 11.1. The second-order valence-electron chi connectivity index (χ2n) is 5.01. The zero-order chi connectivity index (χ0) is 14.6. The van der Waals surface area contributed by atoms with Crippen molar-refractivity contribution < 1.29 is 14.0 Å². The van der Waals surface area contributed by atoms with E-state index >= 15 is 0 Å². The number of benzene rings is 1. The Bertz CT molecular complexity index is 498. The average molecular weight is 284 g/mol. The lowest BCUT2D eigenvalue weighted by Crippen LogP contribution is -2.19. The van der Waals surface area contributed by atoms with Crippen molar-refractivity contribution in [1.29, 1.82) is 0 Å². The molecule has 0 aliphatic heterocycles.